The number of nitriles is 1. The van der Waals surface area contributed by atoms with Crippen molar-refractivity contribution in [3.05, 3.63) is 72.1 Å². The van der Waals surface area contributed by atoms with Crippen molar-refractivity contribution in [3.63, 3.8) is 0 Å². The van der Waals surface area contributed by atoms with E-state index in [1.165, 1.54) is 4.68 Å². The minimum atomic E-state index is -0.161. The topological polar surface area (TPSA) is 111 Å². The zero-order valence-electron chi connectivity index (χ0n) is 18.5. The molecule has 8 heteroatoms. The van der Waals surface area contributed by atoms with Crippen molar-refractivity contribution in [2.24, 2.45) is 20.7 Å². The molecule has 2 aromatic carbocycles. The Morgan fingerprint density at radius 2 is 1.72 bits per heavy atom. The summed E-state index contributed by atoms with van der Waals surface area (Å²) in [5.41, 5.74) is 5.02. The van der Waals surface area contributed by atoms with E-state index in [9.17, 15) is 10.4 Å². The van der Waals surface area contributed by atoms with Gasteiger partial charge in [0, 0.05) is 11.8 Å². The second kappa shape index (κ2) is 9.71. The fourth-order valence-corrected chi connectivity index (χ4v) is 2.65. The Bertz CT molecular complexity index is 1190. The van der Waals surface area contributed by atoms with Crippen LogP contribution in [0.15, 0.2) is 87.4 Å². The monoisotopic (exact) mass is 427 g/mol. The fourth-order valence-electron chi connectivity index (χ4n) is 2.65. The van der Waals surface area contributed by atoms with Gasteiger partial charge in [-0.1, -0.05) is 69.3 Å². The van der Waals surface area contributed by atoms with E-state index in [4.69, 9.17) is 0 Å². The highest BCUT2D eigenvalue weighted by molar-refractivity contribution is 5.76. The first-order valence-corrected chi connectivity index (χ1v) is 10.1. The van der Waals surface area contributed by atoms with Crippen LogP contribution in [0.1, 0.15) is 27.7 Å². The summed E-state index contributed by atoms with van der Waals surface area (Å²) in [5, 5.41) is 37.4. The molecule has 0 radical (unpaired) electrons. The third-order valence-corrected chi connectivity index (χ3v) is 4.28. The molecule has 0 saturated carbocycles. The highest BCUT2D eigenvalue weighted by atomic mass is 16.3. The lowest BCUT2D eigenvalue weighted by atomic mass is 9.99. The SMILES string of the molecule is C/C(C#N)=C(/N=N/c1c(-c2ccccc2)nn(-c2ccccc2)c1O)N/N=C/C(C)(C)C. The predicted octanol–water partition coefficient (Wildman–Crippen LogP) is 5.71. The van der Waals surface area contributed by atoms with E-state index in [1.807, 2.05) is 87.5 Å². The first-order valence-electron chi connectivity index (χ1n) is 10.1. The number of hydrogen-bond donors (Lipinski definition) is 2. The van der Waals surface area contributed by atoms with Gasteiger partial charge in [0.1, 0.15) is 5.69 Å². The maximum absolute atomic E-state index is 10.9. The molecule has 0 amide bonds. The van der Waals surface area contributed by atoms with Crippen LogP contribution in [0.25, 0.3) is 16.9 Å². The fraction of sp³-hybridized carbons (Fsp3) is 0.208. The summed E-state index contributed by atoms with van der Waals surface area (Å²) in [6, 6.07) is 20.7. The Morgan fingerprint density at radius 3 is 2.31 bits per heavy atom. The van der Waals surface area contributed by atoms with Gasteiger partial charge in [0.05, 0.1) is 17.3 Å². The molecule has 0 spiro atoms. The summed E-state index contributed by atoms with van der Waals surface area (Å²) in [7, 11) is 0. The molecular weight excluding hydrogens is 402 g/mol. The second-order valence-corrected chi connectivity index (χ2v) is 8.16. The van der Waals surface area contributed by atoms with Gasteiger partial charge in [-0.05, 0) is 24.5 Å². The van der Waals surface area contributed by atoms with E-state index in [1.54, 1.807) is 13.1 Å². The van der Waals surface area contributed by atoms with E-state index in [2.05, 4.69) is 25.9 Å². The van der Waals surface area contributed by atoms with Crippen LogP contribution in [0.4, 0.5) is 5.69 Å². The van der Waals surface area contributed by atoms with Gasteiger partial charge in [0.25, 0.3) is 0 Å². The maximum Gasteiger partial charge on any atom is 0.243 e. The molecule has 2 N–H and O–H groups in total. The Labute approximate surface area is 187 Å². The Hall–Kier alpha value is -4.25. The van der Waals surface area contributed by atoms with Crippen molar-refractivity contribution >= 4 is 11.9 Å². The van der Waals surface area contributed by atoms with Crippen LogP contribution < -0.4 is 5.43 Å². The Balaban J connectivity index is 2.07. The van der Waals surface area contributed by atoms with Crippen LogP contribution in [0.5, 0.6) is 5.88 Å². The van der Waals surface area contributed by atoms with Gasteiger partial charge < -0.3 is 5.11 Å². The zero-order chi connectivity index (χ0) is 23.1. The molecule has 0 fully saturated rings. The van der Waals surface area contributed by atoms with E-state index < -0.39 is 0 Å². The standard InChI is InChI=1S/C24H25N7O/c1-17(15-25)22(28-26-16-24(2,3)4)29-27-21-20(18-11-7-5-8-12-18)30-31(23(21)32)19-13-9-6-10-14-19/h5-14,16,28,32H,1-4H3/b22-17-,26-16+,29-27+. The number of para-hydroxylation sites is 1. The lowest BCUT2D eigenvalue weighted by molar-refractivity contribution is 0.434. The summed E-state index contributed by atoms with van der Waals surface area (Å²) in [6.45, 7) is 7.62. The summed E-state index contributed by atoms with van der Waals surface area (Å²) >= 11 is 0. The number of nitrogens with one attached hydrogen (secondary N) is 1. The summed E-state index contributed by atoms with van der Waals surface area (Å²) in [4.78, 5) is 0. The summed E-state index contributed by atoms with van der Waals surface area (Å²) in [5.74, 6) is 0.0184. The van der Waals surface area contributed by atoms with Gasteiger partial charge in [0.15, 0.2) is 11.5 Å². The molecular formula is C24H25N7O. The van der Waals surface area contributed by atoms with Gasteiger partial charge in [0.2, 0.25) is 5.88 Å². The number of aromatic nitrogens is 2. The van der Waals surface area contributed by atoms with Crippen molar-refractivity contribution in [3.8, 4) is 28.9 Å². The van der Waals surface area contributed by atoms with E-state index >= 15 is 0 Å². The van der Waals surface area contributed by atoms with Gasteiger partial charge in [-0.2, -0.15) is 20.1 Å². The van der Waals surface area contributed by atoms with Crippen LogP contribution in [-0.2, 0) is 0 Å². The number of allylic oxidation sites excluding steroid dienone is 1. The van der Waals surface area contributed by atoms with Gasteiger partial charge in [-0.3, -0.25) is 5.43 Å². The molecule has 3 aromatic rings. The Kier molecular flexibility index (Phi) is 6.80. The summed E-state index contributed by atoms with van der Waals surface area (Å²) in [6.07, 6.45) is 1.72. The molecule has 0 bridgehead atoms. The van der Waals surface area contributed by atoms with Gasteiger partial charge in [-0.25, -0.2) is 0 Å². The van der Waals surface area contributed by atoms with Crippen LogP contribution in [0.3, 0.4) is 0 Å². The van der Waals surface area contributed by atoms with E-state index in [-0.39, 0.29) is 22.8 Å². The molecule has 32 heavy (non-hydrogen) atoms. The number of hydrazone groups is 1. The molecule has 0 unspecified atom stereocenters. The van der Waals surface area contributed by atoms with Crippen LogP contribution in [0.2, 0.25) is 0 Å². The average molecular weight is 428 g/mol. The Morgan fingerprint density at radius 1 is 1.09 bits per heavy atom. The van der Waals surface area contributed by atoms with E-state index in [0.717, 1.165) is 5.56 Å². The molecule has 1 heterocycles. The van der Waals surface area contributed by atoms with Gasteiger partial charge in [-0.15, -0.1) is 10.2 Å². The summed E-state index contributed by atoms with van der Waals surface area (Å²) < 4.78 is 1.41. The first kappa shape index (κ1) is 22.4. The maximum atomic E-state index is 10.9. The number of aromatic hydroxyl groups is 1. The van der Waals surface area contributed by atoms with Crippen molar-refractivity contribution in [1.29, 1.82) is 5.26 Å². The van der Waals surface area contributed by atoms with Crippen LogP contribution in [-0.4, -0.2) is 21.1 Å². The number of azo groups is 1. The van der Waals surface area contributed by atoms with Crippen molar-refractivity contribution in [1.82, 2.24) is 15.2 Å². The molecule has 0 atom stereocenters. The second-order valence-electron chi connectivity index (χ2n) is 8.16. The third-order valence-electron chi connectivity index (χ3n) is 4.28. The minimum absolute atomic E-state index is 0.147. The zero-order valence-corrected chi connectivity index (χ0v) is 18.5. The van der Waals surface area contributed by atoms with Crippen molar-refractivity contribution in [2.45, 2.75) is 27.7 Å². The number of rotatable bonds is 6. The highest BCUT2D eigenvalue weighted by Crippen LogP contribution is 2.39. The molecule has 8 nitrogen and oxygen atoms in total. The molecule has 0 aliphatic rings. The molecule has 0 aliphatic carbocycles. The third kappa shape index (κ3) is 5.46. The van der Waals surface area contributed by atoms with Crippen LogP contribution >= 0.6 is 0 Å². The lowest BCUT2D eigenvalue weighted by Gasteiger charge is -2.10. The number of benzene rings is 2. The molecule has 0 aliphatic heterocycles. The van der Waals surface area contributed by atoms with Crippen molar-refractivity contribution in [2.75, 3.05) is 0 Å². The minimum Gasteiger partial charge on any atom is -0.492 e. The van der Waals surface area contributed by atoms with Crippen LogP contribution in [0, 0.1) is 16.7 Å². The lowest BCUT2D eigenvalue weighted by Crippen LogP contribution is -2.12. The molecule has 3 rings (SSSR count). The largest absolute Gasteiger partial charge is 0.492 e. The molecule has 0 saturated heterocycles. The highest BCUT2D eigenvalue weighted by Gasteiger charge is 2.20. The van der Waals surface area contributed by atoms with Gasteiger partial charge >= 0.3 is 0 Å². The quantitative estimate of drug-likeness (QED) is 0.227. The first-order chi connectivity index (χ1) is 15.3. The van der Waals surface area contributed by atoms with E-state index in [0.29, 0.717) is 17.0 Å². The normalized spacial score (nSPS) is 12.7. The van der Waals surface area contributed by atoms with Crippen molar-refractivity contribution < 1.29 is 5.11 Å². The number of hydrogen-bond acceptors (Lipinski definition) is 7. The average Bonchev–Trinajstić information content (AvgIpc) is 3.12. The number of nitrogens with zero attached hydrogens (tertiary/aromatic N) is 6. The molecule has 1 aromatic heterocycles. The predicted molar refractivity (Wildman–Crippen MR) is 125 cm³/mol. The smallest absolute Gasteiger partial charge is 0.243 e. The molecule has 162 valence electrons.